The van der Waals surface area contributed by atoms with E-state index in [4.69, 9.17) is 28.3 Å². The molecular weight excluding hydrogens is 507 g/mol. The van der Waals surface area contributed by atoms with Crippen LogP contribution in [0.2, 0.25) is 10.0 Å². The van der Waals surface area contributed by atoms with Crippen molar-refractivity contribution in [1.82, 2.24) is 14.6 Å². The predicted octanol–water partition coefficient (Wildman–Crippen LogP) is 3.55. The molecule has 33 heavy (non-hydrogen) atoms. The van der Waals surface area contributed by atoms with Gasteiger partial charge in [0.25, 0.3) is 0 Å². The molecule has 2 heterocycles. The van der Waals surface area contributed by atoms with E-state index in [1.165, 1.54) is 28.7 Å². The van der Waals surface area contributed by atoms with Gasteiger partial charge < -0.3 is 10.3 Å². The molecule has 1 atom stereocenters. The lowest BCUT2D eigenvalue weighted by Gasteiger charge is -2.35. The van der Waals surface area contributed by atoms with Crippen LogP contribution in [-0.2, 0) is 20.0 Å². The number of rotatable bonds is 6. The van der Waals surface area contributed by atoms with E-state index in [1.807, 2.05) is 6.92 Å². The third kappa shape index (κ3) is 4.53. The summed E-state index contributed by atoms with van der Waals surface area (Å²) in [5, 5.41) is 9.97. The van der Waals surface area contributed by atoms with Crippen molar-refractivity contribution in [1.29, 1.82) is 0 Å². The highest BCUT2D eigenvalue weighted by Gasteiger charge is 2.34. The van der Waals surface area contributed by atoms with E-state index in [9.17, 15) is 16.8 Å². The lowest BCUT2D eigenvalue weighted by molar-refractivity contribution is 0.254. The maximum atomic E-state index is 13.6. The van der Waals surface area contributed by atoms with Crippen LogP contribution < -0.4 is 10.5 Å². The topological polar surface area (TPSA) is 125 Å². The summed E-state index contributed by atoms with van der Waals surface area (Å²) in [5.74, 6) is 0. The van der Waals surface area contributed by atoms with Crippen LogP contribution >= 0.6 is 23.2 Å². The zero-order chi connectivity index (χ0) is 24.0. The molecule has 1 aliphatic heterocycles. The first kappa shape index (κ1) is 24.5. The summed E-state index contributed by atoms with van der Waals surface area (Å²) in [6, 6.07) is 6.90. The Morgan fingerprint density at radius 3 is 2.55 bits per heavy atom. The average Bonchev–Trinajstić information content (AvgIpc) is 3.16. The maximum Gasteiger partial charge on any atom is 0.243 e. The monoisotopic (exact) mass is 530 g/mol. The van der Waals surface area contributed by atoms with Crippen molar-refractivity contribution < 1.29 is 16.8 Å². The highest BCUT2D eigenvalue weighted by atomic mass is 35.5. The van der Waals surface area contributed by atoms with Crippen LogP contribution in [0, 0.1) is 0 Å². The molecule has 4 rings (SSSR count). The minimum atomic E-state index is -4.16. The lowest BCUT2D eigenvalue weighted by atomic mass is 10.0. The standard InChI is InChI=1S/C21H24Cl2N4O4S2/c1-2-3-13-11-25-8-9-27(13)33(30,31)14-4-7-19(32(24,28)29)16(10-14)15-5-6-17(22)20-18(23)12-26-21(15)20/h4-7,10,12-13,25-26H,2-3,8-9,11H2,1H3,(H2,24,28,29). The fourth-order valence-corrected chi connectivity index (χ4v) is 7.27. The first-order valence-corrected chi connectivity index (χ1v) is 14.1. The summed E-state index contributed by atoms with van der Waals surface area (Å²) < 4.78 is 53.5. The van der Waals surface area contributed by atoms with Gasteiger partial charge in [-0.05, 0) is 30.7 Å². The highest BCUT2D eigenvalue weighted by Crippen LogP contribution is 2.39. The van der Waals surface area contributed by atoms with Gasteiger partial charge in [-0.25, -0.2) is 22.0 Å². The van der Waals surface area contributed by atoms with Crippen LogP contribution in [0.25, 0.3) is 22.0 Å². The van der Waals surface area contributed by atoms with Crippen molar-refractivity contribution in [2.75, 3.05) is 19.6 Å². The Balaban J connectivity index is 1.93. The number of piperazine rings is 1. The van der Waals surface area contributed by atoms with Crippen LogP contribution in [-0.4, -0.2) is 51.8 Å². The fourth-order valence-electron chi connectivity index (χ4n) is 4.29. The predicted molar refractivity (Wildman–Crippen MR) is 131 cm³/mol. The van der Waals surface area contributed by atoms with Gasteiger partial charge in [-0.15, -0.1) is 0 Å². The number of benzene rings is 2. The minimum Gasteiger partial charge on any atom is -0.359 e. The van der Waals surface area contributed by atoms with Crippen molar-refractivity contribution in [3.63, 3.8) is 0 Å². The molecule has 0 amide bonds. The number of nitrogens with one attached hydrogen (secondary N) is 2. The maximum absolute atomic E-state index is 13.6. The van der Waals surface area contributed by atoms with Crippen molar-refractivity contribution in [3.8, 4) is 11.1 Å². The SMILES string of the molecule is CCCC1CNCCN1S(=O)(=O)c1ccc(S(N)(=O)=O)c(-c2ccc(Cl)c3c(Cl)c[nH]c23)c1. The van der Waals surface area contributed by atoms with E-state index in [2.05, 4.69) is 10.3 Å². The minimum absolute atomic E-state index is 0.00587. The molecule has 1 fully saturated rings. The summed E-state index contributed by atoms with van der Waals surface area (Å²) >= 11 is 12.5. The molecule has 3 aromatic rings. The Kier molecular flexibility index (Phi) is 6.81. The number of fused-ring (bicyclic) bond motifs is 1. The second kappa shape index (κ2) is 9.18. The van der Waals surface area contributed by atoms with E-state index in [-0.39, 0.29) is 21.4 Å². The summed E-state index contributed by atoms with van der Waals surface area (Å²) in [5.41, 5.74) is 1.06. The van der Waals surface area contributed by atoms with Crippen molar-refractivity contribution in [3.05, 3.63) is 46.6 Å². The molecule has 0 saturated carbocycles. The number of halogens is 2. The zero-order valence-corrected chi connectivity index (χ0v) is 21.0. The Morgan fingerprint density at radius 2 is 1.85 bits per heavy atom. The number of hydrogen-bond donors (Lipinski definition) is 3. The number of aromatic nitrogens is 1. The van der Waals surface area contributed by atoms with E-state index in [1.54, 1.807) is 12.1 Å². The van der Waals surface area contributed by atoms with Gasteiger partial charge in [0, 0.05) is 48.4 Å². The number of aromatic amines is 1. The Bertz CT molecular complexity index is 1420. The van der Waals surface area contributed by atoms with Gasteiger partial charge in [0.1, 0.15) is 0 Å². The second-order valence-electron chi connectivity index (χ2n) is 7.95. The highest BCUT2D eigenvalue weighted by molar-refractivity contribution is 7.89. The first-order chi connectivity index (χ1) is 15.6. The molecule has 0 bridgehead atoms. The number of nitrogens with zero attached hydrogens (tertiary/aromatic N) is 1. The van der Waals surface area contributed by atoms with Gasteiger partial charge in [-0.3, -0.25) is 0 Å². The Labute approximate surface area is 203 Å². The van der Waals surface area contributed by atoms with Gasteiger partial charge in [-0.1, -0.05) is 42.6 Å². The van der Waals surface area contributed by atoms with Gasteiger partial charge in [0.2, 0.25) is 20.0 Å². The first-order valence-electron chi connectivity index (χ1n) is 10.4. The molecule has 4 N–H and O–H groups in total. The molecular formula is C21H24Cl2N4O4S2. The Hall–Kier alpha value is -1.66. The van der Waals surface area contributed by atoms with E-state index < -0.39 is 20.0 Å². The molecule has 1 aliphatic rings. The molecule has 0 radical (unpaired) electrons. The molecule has 0 spiro atoms. The quantitative estimate of drug-likeness (QED) is 0.449. The molecule has 1 aromatic heterocycles. The lowest BCUT2D eigenvalue weighted by Crippen LogP contribution is -2.53. The van der Waals surface area contributed by atoms with Crippen LogP contribution in [0.3, 0.4) is 0 Å². The smallest absolute Gasteiger partial charge is 0.243 e. The second-order valence-corrected chi connectivity index (χ2v) is 12.2. The van der Waals surface area contributed by atoms with E-state index in [0.717, 1.165) is 6.42 Å². The van der Waals surface area contributed by atoms with E-state index in [0.29, 0.717) is 52.6 Å². The Morgan fingerprint density at radius 1 is 1.09 bits per heavy atom. The normalized spacial score (nSPS) is 18.1. The molecule has 2 aromatic carbocycles. The van der Waals surface area contributed by atoms with Crippen LogP contribution in [0.4, 0.5) is 0 Å². The molecule has 8 nitrogen and oxygen atoms in total. The van der Waals surface area contributed by atoms with E-state index >= 15 is 0 Å². The van der Waals surface area contributed by atoms with Crippen LogP contribution in [0.5, 0.6) is 0 Å². The fraction of sp³-hybridized carbons (Fsp3) is 0.333. The van der Waals surface area contributed by atoms with Gasteiger partial charge in [0.15, 0.2) is 0 Å². The van der Waals surface area contributed by atoms with Crippen molar-refractivity contribution in [2.24, 2.45) is 5.14 Å². The summed E-state index contributed by atoms with van der Waals surface area (Å²) in [7, 11) is -8.05. The largest absolute Gasteiger partial charge is 0.359 e. The van der Waals surface area contributed by atoms with Gasteiger partial charge in [-0.2, -0.15) is 4.31 Å². The number of H-pyrrole nitrogens is 1. The molecule has 178 valence electrons. The molecule has 1 unspecified atom stereocenters. The zero-order valence-electron chi connectivity index (χ0n) is 17.8. The van der Waals surface area contributed by atoms with Gasteiger partial charge >= 0.3 is 0 Å². The van der Waals surface area contributed by atoms with Gasteiger partial charge in [0.05, 0.1) is 25.4 Å². The number of sulfonamides is 2. The van der Waals surface area contributed by atoms with Crippen LogP contribution in [0.1, 0.15) is 19.8 Å². The summed E-state index contributed by atoms with van der Waals surface area (Å²) in [6.45, 7) is 3.44. The number of hydrogen-bond acceptors (Lipinski definition) is 5. The summed E-state index contributed by atoms with van der Waals surface area (Å²) in [4.78, 5) is 2.80. The van der Waals surface area contributed by atoms with Crippen molar-refractivity contribution in [2.45, 2.75) is 35.6 Å². The molecule has 12 heteroatoms. The van der Waals surface area contributed by atoms with Crippen LogP contribution in [0.15, 0.2) is 46.3 Å². The molecule has 1 saturated heterocycles. The summed E-state index contributed by atoms with van der Waals surface area (Å²) in [6.07, 6.45) is 3.09. The number of primary sulfonamides is 1. The average molecular weight is 531 g/mol. The third-order valence-electron chi connectivity index (χ3n) is 5.81. The third-order valence-corrected chi connectivity index (χ3v) is 9.34. The van der Waals surface area contributed by atoms with Crippen molar-refractivity contribution >= 4 is 54.2 Å². The molecule has 0 aliphatic carbocycles. The number of nitrogens with two attached hydrogens (primary N) is 1.